The van der Waals surface area contributed by atoms with E-state index in [1.54, 1.807) is 25.3 Å². The fourth-order valence-corrected chi connectivity index (χ4v) is 1.96. The maximum Gasteiger partial charge on any atom is 0.342 e. The smallest absolute Gasteiger partial charge is 0.342 e. The lowest BCUT2D eigenvalue weighted by Gasteiger charge is -2.11. The Labute approximate surface area is 123 Å². The summed E-state index contributed by atoms with van der Waals surface area (Å²) < 4.78 is 6.69. The van der Waals surface area contributed by atoms with Gasteiger partial charge in [0, 0.05) is 20.3 Å². The van der Waals surface area contributed by atoms with Gasteiger partial charge in [-0.05, 0) is 26.8 Å². The number of hydrogen-bond acceptors (Lipinski definition) is 6. The van der Waals surface area contributed by atoms with Crippen molar-refractivity contribution in [2.75, 3.05) is 20.7 Å². The van der Waals surface area contributed by atoms with Gasteiger partial charge >= 0.3 is 5.97 Å². The van der Waals surface area contributed by atoms with Gasteiger partial charge in [0.25, 0.3) is 5.78 Å². The van der Waals surface area contributed by atoms with Gasteiger partial charge in [-0.1, -0.05) is 0 Å². The molecule has 0 saturated heterocycles. The van der Waals surface area contributed by atoms with Crippen molar-refractivity contribution in [2.45, 2.75) is 20.8 Å². The van der Waals surface area contributed by atoms with Gasteiger partial charge in [-0.25, -0.2) is 9.78 Å². The fraction of sp³-hybridized carbons (Fsp3) is 0.429. The normalized spacial score (nSPS) is 11.3. The molecule has 2 aromatic heterocycles. The minimum atomic E-state index is -0.407. The Balaban J connectivity index is 2.71. The van der Waals surface area contributed by atoms with E-state index >= 15 is 0 Å². The number of nitrogens with zero attached hydrogens (tertiary/aromatic N) is 5. The molecule has 0 saturated carbocycles. The molecule has 0 amide bonds. The van der Waals surface area contributed by atoms with Crippen LogP contribution in [0, 0.1) is 13.8 Å². The van der Waals surface area contributed by atoms with Gasteiger partial charge < -0.3 is 9.64 Å². The molecule has 2 heterocycles. The molecule has 2 aromatic rings. The Bertz CT molecular complexity index is 703. The van der Waals surface area contributed by atoms with Crippen LogP contribution in [0.2, 0.25) is 0 Å². The lowest BCUT2D eigenvalue weighted by Crippen LogP contribution is -2.14. The highest BCUT2D eigenvalue weighted by Gasteiger charge is 2.20. The molecular weight excluding hydrogens is 270 g/mol. The van der Waals surface area contributed by atoms with Crippen molar-refractivity contribution in [3.63, 3.8) is 0 Å². The monoisotopic (exact) mass is 289 g/mol. The highest BCUT2D eigenvalue weighted by Crippen LogP contribution is 2.17. The zero-order valence-electron chi connectivity index (χ0n) is 12.9. The van der Waals surface area contributed by atoms with Gasteiger partial charge in [0.1, 0.15) is 11.4 Å². The van der Waals surface area contributed by atoms with Gasteiger partial charge in [-0.15, -0.1) is 5.10 Å². The molecule has 2 rings (SSSR count). The molecule has 0 aliphatic carbocycles. The summed E-state index contributed by atoms with van der Waals surface area (Å²) in [6.07, 6.45) is 3.65. The van der Waals surface area contributed by atoms with E-state index in [0.29, 0.717) is 35.2 Å². The van der Waals surface area contributed by atoms with Crippen LogP contribution in [-0.4, -0.2) is 51.2 Å². The first-order valence-electron chi connectivity index (χ1n) is 6.69. The fourth-order valence-electron chi connectivity index (χ4n) is 1.96. The van der Waals surface area contributed by atoms with E-state index in [-0.39, 0.29) is 0 Å². The van der Waals surface area contributed by atoms with Crippen LogP contribution in [0.25, 0.3) is 11.9 Å². The zero-order valence-corrected chi connectivity index (χ0v) is 12.9. The van der Waals surface area contributed by atoms with Crippen molar-refractivity contribution in [3.8, 4) is 0 Å². The third kappa shape index (κ3) is 3.01. The van der Waals surface area contributed by atoms with Crippen molar-refractivity contribution >= 4 is 17.8 Å². The van der Waals surface area contributed by atoms with E-state index in [1.165, 1.54) is 0 Å². The Hall–Kier alpha value is -2.44. The van der Waals surface area contributed by atoms with Crippen LogP contribution in [0.15, 0.2) is 6.20 Å². The predicted molar refractivity (Wildman–Crippen MR) is 78.9 cm³/mol. The Morgan fingerprint density at radius 2 is 2.05 bits per heavy atom. The SMILES string of the molecule is CCOC(=O)c1c(C)nc2nc(C)nn2c1C=CN(C)C. The van der Waals surface area contributed by atoms with Crippen LogP contribution in [0.1, 0.15) is 34.5 Å². The van der Waals surface area contributed by atoms with E-state index in [1.807, 2.05) is 31.3 Å². The van der Waals surface area contributed by atoms with Crippen molar-refractivity contribution in [3.05, 3.63) is 29.0 Å². The second-order valence-corrected chi connectivity index (χ2v) is 4.83. The molecule has 0 radical (unpaired) electrons. The van der Waals surface area contributed by atoms with E-state index in [4.69, 9.17) is 4.74 Å². The Kier molecular flexibility index (Phi) is 4.21. The van der Waals surface area contributed by atoms with Gasteiger partial charge in [-0.2, -0.15) is 9.50 Å². The molecule has 0 N–H and O–H groups in total. The summed E-state index contributed by atoms with van der Waals surface area (Å²) in [6, 6.07) is 0. The molecule has 0 fully saturated rings. The molecule has 0 aliphatic rings. The summed E-state index contributed by atoms with van der Waals surface area (Å²) in [6.45, 7) is 5.63. The second-order valence-electron chi connectivity index (χ2n) is 4.83. The number of carbonyl (C=O) groups is 1. The first kappa shape index (κ1) is 15.0. The molecule has 112 valence electrons. The Morgan fingerprint density at radius 3 is 2.67 bits per heavy atom. The minimum absolute atomic E-state index is 0.309. The number of esters is 1. The summed E-state index contributed by atoms with van der Waals surface area (Å²) in [7, 11) is 3.80. The number of fused-ring (bicyclic) bond motifs is 1. The van der Waals surface area contributed by atoms with Crippen LogP contribution in [0.5, 0.6) is 0 Å². The summed E-state index contributed by atoms with van der Waals surface area (Å²) in [5.41, 5.74) is 1.60. The Morgan fingerprint density at radius 1 is 1.33 bits per heavy atom. The number of carbonyl (C=O) groups excluding carboxylic acids is 1. The van der Waals surface area contributed by atoms with Crippen LogP contribution < -0.4 is 0 Å². The second kappa shape index (κ2) is 5.90. The summed E-state index contributed by atoms with van der Waals surface area (Å²) in [4.78, 5) is 22.7. The number of aryl methyl sites for hydroxylation is 2. The molecule has 0 unspecified atom stereocenters. The van der Waals surface area contributed by atoms with Crippen molar-refractivity contribution in [1.82, 2.24) is 24.5 Å². The summed E-state index contributed by atoms with van der Waals surface area (Å²) in [5.74, 6) is 0.662. The highest BCUT2D eigenvalue weighted by molar-refractivity contribution is 5.94. The lowest BCUT2D eigenvalue weighted by atomic mass is 10.1. The van der Waals surface area contributed by atoms with E-state index in [9.17, 15) is 4.79 Å². The molecule has 0 aromatic carbocycles. The van der Waals surface area contributed by atoms with E-state index < -0.39 is 5.97 Å². The number of rotatable bonds is 4. The molecular formula is C14H19N5O2. The third-order valence-electron chi connectivity index (χ3n) is 2.82. The van der Waals surface area contributed by atoms with Crippen LogP contribution in [0.4, 0.5) is 0 Å². The topological polar surface area (TPSA) is 72.6 Å². The first-order valence-corrected chi connectivity index (χ1v) is 6.69. The lowest BCUT2D eigenvalue weighted by molar-refractivity contribution is 0.0524. The standard InChI is InChI=1S/C14H19N5O2/c1-6-21-13(20)12-9(2)15-14-16-10(3)17-19(14)11(12)7-8-18(4)5/h7-8H,6H2,1-5H3. The number of hydrogen-bond donors (Lipinski definition) is 0. The average molecular weight is 289 g/mol. The van der Waals surface area contributed by atoms with Gasteiger partial charge in [-0.3, -0.25) is 0 Å². The number of ether oxygens (including phenoxy) is 1. The summed E-state index contributed by atoms with van der Waals surface area (Å²) >= 11 is 0. The molecule has 0 spiro atoms. The molecule has 0 bridgehead atoms. The van der Waals surface area contributed by atoms with Crippen LogP contribution >= 0.6 is 0 Å². The average Bonchev–Trinajstić information content (AvgIpc) is 2.75. The zero-order chi connectivity index (χ0) is 15.6. The molecule has 7 nitrogen and oxygen atoms in total. The van der Waals surface area contributed by atoms with Gasteiger partial charge in [0.05, 0.1) is 18.0 Å². The number of aromatic nitrogens is 4. The van der Waals surface area contributed by atoms with Gasteiger partial charge in [0.15, 0.2) is 0 Å². The maximum absolute atomic E-state index is 12.2. The first-order chi connectivity index (χ1) is 9.93. The third-order valence-corrected chi connectivity index (χ3v) is 2.82. The van der Waals surface area contributed by atoms with E-state index in [2.05, 4.69) is 15.1 Å². The van der Waals surface area contributed by atoms with Crippen LogP contribution in [-0.2, 0) is 4.74 Å². The highest BCUT2D eigenvalue weighted by atomic mass is 16.5. The molecule has 0 aliphatic heterocycles. The molecule has 7 heteroatoms. The molecule has 21 heavy (non-hydrogen) atoms. The van der Waals surface area contributed by atoms with Crippen molar-refractivity contribution in [2.24, 2.45) is 0 Å². The van der Waals surface area contributed by atoms with Crippen LogP contribution in [0.3, 0.4) is 0 Å². The summed E-state index contributed by atoms with van der Waals surface area (Å²) in [5, 5.41) is 4.30. The predicted octanol–water partition coefficient (Wildman–Crippen LogP) is 1.45. The maximum atomic E-state index is 12.2. The van der Waals surface area contributed by atoms with E-state index in [0.717, 1.165) is 0 Å². The minimum Gasteiger partial charge on any atom is -0.462 e. The van der Waals surface area contributed by atoms with Gasteiger partial charge in [0.2, 0.25) is 0 Å². The molecule has 0 atom stereocenters. The van der Waals surface area contributed by atoms with Crippen molar-refractivity contribution in [1.29, 1.82) is 0 Å². The quantitative estimate of drug-likeness (QED) is 0.793. The van der Waals surface area contributed by atoms with Crippen molar-refractivity contribution < 1.29 is 9.53 Å². The largest absolute Gasteiger partial charge is 0.462 e.